The van der Waals surface area contributed by atoms with Crippen LogP contribution in [0, 0.1) is 6.92 Å². The fraction of sp³-hybridized carbons (Fsp3) is 0.214. The van der Waals surface area contributed by atoms with E-state index in [9.17, 15) is 4.79 Å². The summed E-state index contributed by atoms with van der Waals surface area (Å²) in [5.41, 5.74) is 1.85. The minimum atomic E-state index is -0.216. The van der Waals surface area contributed by atoms with Crippen LogP contribution in [0.2, 0.25) is 4.34 Å². The van der Waals surface area contributed by atoms with Crippen molar-refractivity contribution in [1.82, 2.24) is 5.32 Å². The number of hydrogen-bond acceptors (Lipinski definition) is 2. The number of hydrogen-bond donors (Lipinski definition) is 2. The largest absolute Gasteiger partial charge is 0.331 e. The van der Waals surface area contributed by atoms with E-state index in [1.165, 1.54) is 11.3 Å². The van der Waals surface area contributed by atoms with Crippen molar-refractivity contribution in [3.8, 4) is 0 Å². The summed E-state index contributed by atoms with van der Waals surface area (Å²) in [5, 5.41) is 5.73. The van der Waals surface area contributed by atoms with Gasteiger partial charge >= 0.3 is 6.03 Å². The van der Waals surface area contributed by atoms with Gasteiger partial charge in [0.2, 0.25) is 0 Å². The van der Waals surface area contributed by atoms with E-state index in [-0.39, 0.29) is 12.1 Å². The molecule has 0 radical (unpaired) electrons. The maximum Gasteiger partial charge on any atom is 0.319 e. The Labute approximate surface area is 121 Å². The predicted molar refractivity (Wildman–Crippen MR) is 81.1 cm³/mol. The van der Waals surface area contributed by atoms with Gasteiger partial charge in [0, 0.05) is 10.6 Å². The number of halogens is 1. The molecule has 2 N–H and O–H groups in total. The van der Waals surface area contributed by atoms with Gasteiger partial charge in [-0.3, -0.25) is 0 Å². The second kappa shape index (κ2) is 6.08. The summed E-state index contributed by atoms with van der Waals surface area (Å²) in [7, 11) is 0. The minimum absolute atomic E-state index is 0.0680. The van der Waals surface area contributed by atoms with Gasteiger partial charge in [0.1, 0.15) is 0 Å². The van der Waals surface area contributed by atoms with Crippen LogP contribution in [0.3, 0.4) is 0 Å². The molecular weight excluding hydrogens is 280 g/mol. The molecule has 100 valence electrons. The van der Waals surface area contributed by atoms with Gasteiger partial charge in [-0.25, -0.2) is 4.79 Å². The minimum Gasteiger partial charge on any atom is -0.331 e. The zero-order valence-corrected chi connectivity index (χ0v) is 12.3. The molecule has 1 heterocycles. The molecule has 0 unspecified atom stereocenters. The molecule has 0 aliphatic carbocycles. The summed E-state index contributed by atoms with van der Waals surface area (Å²) in [5.74, 6) is 0. The van der Waals surface area contributed by atoms with Crippen molar-refractivity contribution in [3.63, 3.8) is 0 Å². The number of anilines is 1. The van der Waals surface area contributed by atoms with Crippen LogP contribution in [0.1, 0.15) is 23.4 Å². The first-order chi connectivity index (χ1) is 9.06. The van der Waals surface area contributed by atoms with Crippen LogP contribution in [-0.2, 0) is 0 Å². The van der Waals surface area contributed by atoms with Crippen molar-refractivity contribution in [2.24, 2.45) is 0 Å². The molecule has 0 saturated carbocycles. The Morgan fingerprint density at radius 2 is 2.00 bits per heavy atom. The highest BCUT2D eigenvalue weighted by Crippen LogP contribution is 2.26. The first-order valence-corrected chi connectivity index (χ1v) is 7.14. The number of amides is 2. The Bertz CT molecular complexity index is 582. The molecule has 2 aromatic rings. The Morgan fingerprint density at radius 3 is 2.63 bits per heavy atom. The van der Waals surface area contributed by atoms with Crippen LogP contribution in [0.15, 0.2) is 36.4 Å². The van der Waals surface area contributed by atoms with Crippen LogP contribution < -0.4 is 10.6 Å². The van der Waals surface area contributed by atoms with Crippen molar-refractivity contribution < 1.29 is 4.79 Å². The Kier molecular flexibility index (Phi) is 4.45. The van der Waals surface area contributed by atoms with Crippen LogP contribution >= 0.6 is 22.9 Å². The fourth-order valence-corrected chi connectivity index (χ4v) is 2.76. The second-order valence-electron chi connectivity index (χ2n) is 4.28. The van der Waals surface area contributed by atoms with Gasteiger partial charge in [0.05, 0.1) is 10.4 Å². The highest BCUT2D eigenvalue weighted by molar-refractivity contribution is 7.16. The van der Waals surface area contributed by atoms with E-state index >= 15 is 0 Å². The van der Waals surface area contributed by atoms with Crippen molar-refractivity contribution in [2.45, 2.75) is 19.9 Å². The molecule has 1 aromatic carbocycles. The quantitative estimate of drug-likeness (QED) is 0.854. The Balaban J connectivity index is 1.96. The lowest BCUT2D eigenvalue weighted by Gasteiger charge is -2.14. The van der Waals surface area contributed by atoms with Gasteiger partial charge in [-0.05, 0) is 37.6 Å². The van der Waals surface area contributed by atoms with Gasteiger partial charge in [-0.2, -0.15) is 0 Å². The zero-order chi connectivity index (χ0) is 13.8. The maximum atomic E-state index is 11.9. The van der Waals surface area contributed by atoms with Crippen molar-refractivity contribution in [3.05, 3.63) is 51.2 Å². The molecule has 0 saturated heterocycles. The topological polar surface area (TPSA) is 41.1 Å². The van der Waals surface area contributed by atoms with Crippen molar-refractivity contribution in [1.29, 1.82) is 0 Å². The second-order valence-corrected chi connectivity index (χ2v) is 6.02. The van der Waals surface area contributed by atoms with Gasteiger partial charge in [-0.1, -0.05) is 29.8 Å². The summed E-state index contributed by atoms with van der Waals surface area (Å²) in [6, 6.07) is 11.1. The third kappa shape index (κ3) is 3.72. The van der Waals surface area contributed by atoms with Gasteiger partial charge in [0.25, 0.3) is 0 Å². The first-order valence-electron chi connectivity index (χ1n) is 5.94. The van der Waals surface area contributed by atoms with Crippen LogP contribution in [0.4, 0.5) is 10.5 Å². The summed E-state index contributed by atoms with van der Waals surface area (Å²) >= 11 is 7.35. The molecule has 0 aliphatic rings. The molecular formula is C14H15ClN2OS. The average molecular weight is 295 g/mol. The average Bonchev–Trinajstić information content (AvgIpc) is 2.79. The summed E-state index contributed by atoms with van der Waals surface area (Å²) < 4.78 is 0.725. The van der Waals surface area contributed by atoms with E-state index < -0.39 is 0 Å². The maximum absolute atomic E-state index is 11.9. The number of urea groups is 1. The van der Waals surface area contributed by atoms with E-state index in [0.29, 0.717) is 0 Å². The number of aryl methyl sites for hydroxylation is 1. The van der Waals surface area contributed by atoms with Crippen LogP contribution in [0.5, 0.6) is 0 Å². The molecule has 0 fully saturated rings. The fourth-order valence-electron chi connectivity index (χ4n) is 1.70. The summed E-state index contributed by atoms with van der Waals surface area (Å²) in [6.07, 6.45) is 0. The van der Waals surface area contributed by atoms with Gasteiger partial charge in [0.15, 0.2) is 0 Å². The van der Waals surface area contributed by atoms with Crippen molar-refractivity contribution in [2.75, 3.05) is 5.32 Å². The summed E-state index contributed by atoms with van der Waals surface area (Å²) in [4.78, 5) is 12.9. The summed E-state index contributed by atoms with van der Waals surface area (Å²) in [6.45, 7) is 3.89. The lowest BCUT2D eigenvalue weighted by molar-refractivity contribution is 0.249. The number of carbonyl (C=O) groups is 1. The highest BCUT2D eigenvalue weighted by Gasteiger charge is 2.12. The lowest BCUT2D eigenvalue weighted by Crippen LogP contribution is -2.30. The number of para-hydroxylation sites is 1. The van der Waals surface area contributed by atoms with Crippen molar-refractivity contribution >= 4 is 34.7 Å². The molecule has 19 heavy (non-hydrogen) atoms. The zero-order valence-electron chi connectivity index (χ0n) is 10.7. The molecule has 3 nitrogen and oxygen atoms in total. The Morgan fingerprint density at radius 1 is 1.26 bits per heavy atom. The van der Waals surface area contributed by atoms with Gasteiger partial charge in [-0.15, -0.1) is 11.3 Å². The third-order valence-electron chi connectivity index (χ3n) is 2.76. The van der Waals surface area contributed by atoms with E-state index in [0.717, 1.165) is 20.5 Å². The molecule has 0 spiro atoms. The molecule has 5 heteroatoms. The third-order valence-corrected chi connectivity index (χ3v) is 4.18. The Hall–Kier alpha value is -1.52. The molecule has 0 aliphatic heterocycles. The highest BCUT2D eigenvalue weighted by atomic mass is 35.5. The number of nitrogens with one attached hydrogen (secondary N) is 2. The van der Waals surface area contributed by atoms with Crippen LogP contribution in [0.25, 0.3) is 0 Å². The molecule has 1 atom stereocenters. The smallest absolute Gasteiger partial charge is 0.319 e. The molecule has 1 aromatic heterocycles. The molecule has 0 bridgehead atoms. The number of benzene rings is 1. The van der Waals surface area contributed by atoms with E-state index in [4.69, 9.17) is 11.6 Å². The van der Waals surface area contributed by atoms with E-state index in [1.807, 2.05) is 50.2 Å². The lowest BCUT2D eigenvalue weighted by atomic mass is 10.2. The van der Waals surface area contributed by atoms with E-state index in [2.05, 4.69) is 10.6 Å². The monoisotopic (exact) mass is 294 g/mol. The van der Waals surface area contributed by atoms with Gasteiger partial charge < -0.3 is 10.6 Å². The molecule has 2 rings (SSSR count). The predicted octanol–water partition coefficient (Wildman–Crippen LogP) is 4.59. The number of rotatable bonds is 3. The van der Waals surface area contributed by atoms with Crippen LogP contribution in [-0.4, -0.2) is 6.03 Å². The number of carbonyl (C=O) groups excluding carboxylic acids is 1. The molecule has 2 amide bonds. The SMILES string of the molecule is Cc1ccccc1NC(=O)N[C@H](C)c1ccc(Cl)s1. The standard InChI is InChI=1S/C14H15ClN2OS/c1-9-5-3-4-6-11(9)17-14(18)16-10(2)12-7-8-13(15)19-12/h3-8,10H,1-2H3,(H2,16,17,18)/t10-/m1/s1. The number of thiophene rings is 1. The van der Waals surface area contributed by atoms with E-state index in [1.54, 1.807) is 0 Å². The normalized spacial score (nSPS) is 11.9. The first kappa shape index (κ1) is 13.9.